The number of carboxylic acid groups (broad SMARTS) is 1. The molecule has 1 N–H and O–H groups in total. The predicted octanol–water partition coefficient (Wildman–Crippen LogP) is 13.0. The highest BCUT2D eigenvalue weighted by atomic mass is 16.5. The SMILES string of the molecule is CC/C=C\C/C=C\C/C=C\CCCCCCCC(=O)OC(CCCCCCCCCCC)CCCCCCCCCC(=O)O. The number of hydrogen-bond donors (Lipinski definition) is 1. The van der Waals surface area contributed by atoms with E-state index in [1.54, 1.807) is 0 Å². The van der Waals surface area contributed by atoms with Gasteiger partial charge in [-0.15, -0.1) is 0 Å². The van der Waals surface area contributed by atoms with Gasteiger partial charge in [-0.25, -0.2) is 0 Å². The first kappa shape index (κ1) is 42.2. The molecule has 0 aromatic heterocycles. The zero-order valence-electron chi connectivity index (χ0n) is 29.2. The Morgan fingerprint density at radius 3 is 1.48 bits per heavy atom. The Balaban J connectivity index is 4.08. The Morgan fingerprint density at radius 2 is 0.955 bits per heavy atom. The highest BCUT2D eigenvalue weighted by molar-refractivity contribution is 5.69. The van der Waals surface area contributed by atoms with Crippen LogP contribution in [0.1, 0.15) is 200 Å². The van der Waals surface area contributed by atoms with Crippen LogP contribution in [0.2, 0.25) is 0 Å². The van der Waals surface area contributed by atoms with Crippen molar-refractivity contribution >= 4 is 11.9 Å². The molecule has 0 fully saturated rings. The summed E-state index contributed by atoms with van der Waals surface area (Å²) in [7, 11) is 0. The number of hydrogen-bond acceptors (Lipinski definition) is 3. The highest BCUT2D eigenvalue weighted by Crippen LogP contribution is 2.19. The predicted molar refractivity (Wildman–Crippen MR) is 190 cm³/mol. The van der Waals surface area contributed by atoms with E-state index < -0.39 is 5.97 Å². The Kier molecular flexibility index (Phi) is 34.1. The van der Waals surface area contributed by atoms with Gasteiger partial charge in [-0.3, -0.25) is 9.59 Å². The largest absolute Gasteiger partial charge is 0.481 e. The summed E-state index contributed by atoms with van der Waals surface area (Å²) in [5.41, 5.74) is 0. The molecule has 0 aliphatic heterocycles. The van der Waals surface area contributed by atoms with Crippen LogP contribution in [0.15, 0.2) is 36.5 Å². The fraction of sp³-hybridized carbons (Fsp3) is 0.800. The minimum atomic E-state index is -0.688. The maximum absolute atomic E-state index is 12.6. The third kappa shape index (κ3) is 34.6. The summed E-state index contributed by atoms with van der Waals surface area (Å²) in [5, 5.41) is 8.75. The molecule has 0 aromatic carbocycles. The normalized spacial score (nSPS) is 12.6. The van der Waals surface area contributed by atoms with Crippen LogP contribution in [0.3, 0.4) is 0 Å². The molecule has 0 aliphatic carbocycles. The van der Waals surface area contributed by atoms with Gasteiger partial charge in [0.1, 0.15) is 6.10 Å². The van der Waals surface area contributed by atoms with Crippen molar-refractivity contribution < 1.29 is 19.4 Å². The molecule has 0 aromatic rings. The van der Waals surface area contributed by atoms with E-state index >= 15 is 0 Å². The molecule has 0 radical (unpaired) electrons. The number of unbranched alkanes of at least 4 members (excludes halogenated alkanes) is 19. The lowest BCUT2D eigenvalue weighted by atomic mass is 10.0. The fourth-order valence-electron chi connectivity index (χ4n) is 5.61. The second-order valence-electron chi connectivity index (χ2n) is 12.7. The van der Waals surface area contributed by atoms with Gasteiger partial charge in [0.05, 0.1) is 0 Å². The third-order valence-electron chi connectivity index (χ3n) is 8.38. The average Bonchev–Trinajstić information content (AvgIpc) is 3.01. The van der Waals surface area contributed by atoms with E-state index in [0.29, 0.717) is 12.8 Å². The zero-order chi connectivity index (χ0) is 32.2. The van der Waals surface area contributed by atoms with Crippen LogP contribution in [-0.2, 0) is 14.3 Å². The van der Waals surface area contributed by atoms with Crippen molar-refractivity contribution in [2.75, 3.05) is 0 Å². The zero-order valence-corrected chi connectivity index (χ0v) is 29.2. The minimum absolute atomic E-state index is 0.00512. The summed E-state index contributed by atoms with van der Waals surface area (Å²) in [6, 6.07) is 0. The van der Waals surface area contributed by atoms with E-state index in [1.807, 2.05) is 0 Å². The van der Waals surface area contributed by atoms with Crippen molar-refractivity contribution in [1.82, 2.24) is 0 Å². The van der Waals surface area contributed by atoms with Gasteiger partial charge in [-0.2, -0.15) is 0 Å². The van der Waals surface area contributed by atoms with Crippen LogP contribution in [0, 0.1) is 0 Å². The number of rotatable bonds is 34. The maximum Gasteiger partial charge on any atom is 0.306 e. The topological polar surface area (TPSA) is 63.6 Å². The van der Waals surface area contributed by atoms with Crippen LogP contribution >= 0.6 is 0 Å². The van der Waals surface area contributed by atoms with Crippen molar-refractivity contribution in [3.05, 3.63) is 36.5 Å². The Morgan fingerprint density at radius 1 is 0.523 bits per heavy atom. The molecule has 256 valence electrons. The van der Waals surface area contributed by atoms with Gasteiger partial charge >= 0.3 is 11.9 Å². The van der Waals surface area contributed by atoms with Crippen LogP contribution in [0.25, 0.3) is 0 Å². The summed E-state index contributed by atoms with van der Waals surface area (Å²) in [6.07, 6.45) is 45.9. The van der Waals surface area contributed by atoms with Crippen LogP contribution in [0.4, 0.5) is 0 Å². The molecule has 1 unspecified atom stereocenters. The second kappa shape index (κ2) is 35.6. The summed E-state index contributed by atoms with van der Waals surface area (Å²) >= 11 is 0. The molecule has 1 atom stereocenters. The van der Waals surface area contributed by atoms with Crippen LogP contribution in [0.5, 0.6) is 0 Å². The van der Waals surface area contributed by atoms with Crippen LogP contribution < -0.4 is 0 Å². The number of carbonyl (C=O) groups excluding carboxylic acids is 1. The first-order chi connectivity index (χ1) is 21.6. The standard InChI is InChI=1S/C40H72O4/c1-3-5-7-9-11-13-14-15-16-17-18-20-25-29-33-37-40(43)44-38(34-30-26-22-19-12-10-8-6-4-2)35-31-27-23-21-24-28-32-36-39(41)42/h5,7,11,13,15-16,38H,3-4,6,8-10,12,14,17-37H2,1-2H3,(H,41,42)/b7-5-,13-11-,16-15-. The monoisotopic (exact) mass is 617 g/mol. The van der Waals surface area contributed by atoms with Crippen molar-refractivity contribution in [3.63, 3.8) is 0 Å². The van der Waals surface area contributed by atoms with Crippen molar-refractivity contribution in [3.8, 4) is 0 Å². The Hall–Kier alpha value is -1.84. The van der Waals surface area contributed by atoms with E-state index in [0.717, 1.165) is 83.5 Å². The van der Waals surface area contributed by atoms with Gasteiger partial charge < -0.3 is 9.84 Å². The molecule has 0 bridgehead atoms. The van der Waals surface area contributed by atoms with E-state index in [1.165, 1.54) is 89.9 Å². The second-order valence-corrected chi connectivity index (χ2v) is 12.7. The molecular formula is C40H72O4. The number of carboxylic acids is 1. The number of aliphatic carboxylic acids is 1. The lowest BCUT2D eigenvalue weighted by Crippen LogP contribution is -2.18. The molecule has 0 rings (SSSR count). The maximum atomic E-state index is 12.6. The van der Waals surface area contributed by atoms with E-state index in [-0.39, 0.29) is 12.1 Å². The summed E-state index contributed by atoms with van der Waals surface area (Å²) in [4.78, 5) is 23.3. The first-order valence-corrected chi connectivity index (χ1v) is 19.0. The molecule has 0 amide bonds. The molecule has 4 heteroatoms. The van der Waals surface area contributed by atoms with Gasteiger partial charge in [-0.05, 0) is 70.6 Å². The smallest absolute Gasteiger partial charge is 0.306 e. The minimum Gasteiger partial charge on any atom is -0.481 e. The molecule has 0 saturated heterocycles. The Labute approximate surface area is 273 Å². The Bertz CT molecular complexity index is 708. The van der Waals surface area contributed by atoms with Gasteiger partial charge in [0, 0.05) is 12.8 Å². The lowest BCUT2D eigenvalue weighted by molar-refractivity contribution is -0.150. The van der Waals surface area contributed by atoms with Crippen molar-refractivity contribution in [2.45, 2.75) is 206 Å². The summed E-state index contributed by atoms with van der Waals surface area (Å²) in [5.74, 6) is -0.683. The number of esters is 1. The van der Waals surface area contributed by atoms with E-state index in [4.69, 9.17) is 9.84 Å². The molecule has 4 nitrogen and oxygen atoms in total. The highest BCUT2D eigenvalue weighted by Gasteiger charge is 2.14. The summed E-state index contributed by atoms with van der Waals surface area (Å²) in [6.45, 7) is 4.43. The molecule has 0 heterocycles. The number of ether oxygens (including phenoxy) is 1. The lowest BCUT2D eigenvalue weighted by Gasteiger charge is -2.18. The van der Waals surface area contributed by atoms with Crippen LogP contribution in [-0.4, -0.2) is 23.1 Å². The average molecular weight is 617 g/mol. The van der Waals surface area contributed by atoms with Crippen molar-refractivity contribution in [2.24, 2.45) is 0 Å². The molecular weight excluding hydrogens is 544 g/mol. The van der Waals surface area contributed by atoms with Crippen molar-refractivity contribution in [1.29, 1.82) is 0 Å². The van der Waals surface area contributed by atoms with Gasteiger partial charge in [0.15, 0.2) is 0 Å². The molecule has 0 saturated carbocycles. The molecule has 0 aliphatic rings. The third-order valence-corrected chi connectivity index (χ3v) is 8.38. The summed E-state index contributed by atoms with van der Waals surface area (Å²) < 4.78 is 6.01. The van der Waals surface area contributed by atoms with E-state index in [9.17, 15) is 9.59 Å². The quantitative estimate of drug-likeness (QED) is 0.0444. The van der Waals surface area contributed by atoms with Gasteiger partial charge in [0.25, 0.3) is 0 Å². The number of carbonyl (C=O) groups is 2. The van der Waals surface area contributed by atoms with E-state index in [2.05, 4.69) is 50.3 Å². The first-order valence-electron chi connectivity index (χ1n) is 19.0. The molecule has 0 spiro atoms. The van der Waals surface area contributed by atoms with Gasteiger partial charge in [-0.1, -0.05) is 153 Å². The van der Waals surface area contributed by atoms with Gasteiger partial charge in [0.2, 0.25) is 0 Å². The molecule has 44 heavy (non-hydrogen) atoms. The fourth-order valence-corrected chi connectivity index (χ4v) is 5.61. The number of allylic oxidation sites excluding steroid dienone is 6.